The third-order valence-electron chi connectivity index (χ3n) is 3.51. The number of carbonyl (C=O) groups excluding carboxylic acids is 2. The highest BCUT2D eigenvalue weighted by molar-refractivity contribution is 6.30. The number of hydrogen-bond donors (Lipinski definition) is 0. The molecule has 0 aliphatic rings. The largest absolute Gasteiger partial charge is 0.466 e. The van der Waals surface area contributed by atoms with Crippen molar-refractivity contribution in [3.63, 3.8) is 0 Å². The Kier molecular flexibility index (Phi) is 9.55. The number of esters is 1. The highest BCUT2D eigenvalue weighted by Gasteiger charge is 2.15. The number of nitrogens with zero attached hydrogens (tertiary/aromatic N) is 2. The number of nitriles is 1. The lowest BCUT2D eigenvalue weighted by Crippen LogP contribution is -2.34. The molecule has 0 aliphatic heterocycles. The summed E-state index contributed by atoms with van der Waals surface area (Å²) in [7, 11) is 0. The highest BCUT2D eigenvalue weighted by atomic mass is 35.5. The summed E-state index contributed by atoms with van der Waals surface area (Å²) < 4.78 is 4.87. The summed E-state index contributed by atoms with van der Waals surface area (Å²) in [4.78, 5) is 25.3. The van der Waals surface area contributed by atoms with E-state index in [9.17, 15) is 9.59 Å². The number of ether oxygens (including phenoxy) is 1. The van der Waals surface area contributed by atoms with Gasteiger partial charge in [-0.15, -0.1) is 0 Å². The van der Waals surface area contributed by atoms with Crippen molar-refractivity contribution in [3.05, 3.63) is 34.9 Å². The van der Waals surface area contributed by atoms with Crippen molar-refractivity contribution in [1.29, 1.82) is 5.26 Å². The van der Waals surface area contributed by atoms with Gasteiger partial charge in [-0.3, -0.25) is 9.59 Å². The molecule has 0 bridgehead atoms. The van der Waals surface area contributed by atoms with Crippen molar-refractivity contribution in [2.45, 2.75) is 39.0 Å². The molecule has 0 unspecified atom stereocenters. The van der Waals surface area contributed by atoms with Crippen molar-refractivity contribution in [2.24, 2.45) is 0 Å². The first-order chi connectivity index (χ1) is 11.6. The molecule has 24 heavy (non-hydrogen) atoms. The van der Waals surface area contributed by atoms with Crippen LogP contribution in [0.5, 0.6) is 0 Å². The molecule has 0 N–H and O–H groups in total. The molecule has 6 heteroatoms. The van der Waals surface area contributed by atoms with E-state index in [1.165, 1.54) is 0 Å². The molecule has 0 atom stereocenters. The van der Waals surface area contributed by atoms with Gasteiger partial charge in [-0.05, 0) is 37.5 Å². The molecule has 0 saturated carbocycles. The summed E-state index contributed by atoms with van der Waals surface area (Å²) in [5.74, 6) is -0.364. The van der Waals surface area contributed by atoms with Gasteiger partial charge >= 0.3 is 5.97 Å². The Labute approximate surface area is 148 Å². The fourth-order valence-corrected chi connectivity index (χ4v) is 2.38. The SMILES string of the molecule is CCOC(=O)CCN(CCC#N)C(=O)CCCc1ccc(Cl)cc1. The van der Waals surface area contributed by atoms with Crippen LogP contribution in [-0.2, 0) is 20.7 Å². The zero-order valence-electron chi connectivity index (χ0n) is 14.0. The van der Waals surface area contributed by atoms with Gasteiger partial charge in [0.05, 0.1) is 25.5 Å². The second-order valence-corrected chi connectivity index (χ2v) is 5.76. The number of rotatable bonds is 10. The van der Waals surface area contributed by atoms with Crippen LogP contribution in [-0.4, -0.2) is 36.5 Å². The van der Waals surface area contributed by atoms with Crippen LogP contribution < -0.4 is 0 Å². The van der Waals surface area contributed by atoms with E-state index in [-0.39, 0.29) is 24.7 Å². The Morgan fingerprint density at radius 2 is 1.92 bits per heavy atom. The van der Waals surface area contributed by atoms with Gasteiger partial charge in [0.25, 0.3) is 0 Å². The zero-order chi connectivity index (χ0) is 17.8. The van der Waals surface area contributed by atoms with Crippen LogP contribution in [0.1, 0.15) is 38.2 Å². The van der Waals surface area contributed by atoms with Crippen LogP contribution >= 0.6 is 11.6 Å². The molecule has 0 aliphatic carbocycles. The summed E-state index contributed by atoms with van der Waals surface area (Å²) in [5, 5.41) is 9.41. The number of amides is 1. The molecule has 0 aromatic heterocycles. The zero-order valence-corrected chi connectivity index (χ0v) is 14.7. The standard InChI is InChI=1S/C18H23ClN2O3/c1-2-24-18(23)11-14-21(13-4-12-20)17(22)6-3-5-15-7-9-16(19)10-8-15/h7-10H,2-6,11,13-14H2,1H3. The minimum absolute atomic E-state index is 0.0384. The number of benzene rings is 1. The van der Waals surface area contributed by atoms with Crippen molar-refractivity contribution in [2.75, 3.05) is 19.7 Å². The Hall–Kier alpha value is -2.06. The summed E-state index contributed by atoms with van der Waals surface area (Å²) in [6.45, 7) is 2.70. The van der Waals surface area contributed by atoms with E-state index in [4.69, 9.17) is 21.6 Å². The number of aryl methyl sites for hydroxylation is 1. The average molecular weight is 351 g/mol. The Morgan fingerprint density at radius 3 is 2.54 bits per heavy atom. The van der Waals surface area contributed by atoms with Crippen molar-refractivity contribution >= 4 is 23.5 Å². The van der Waals surface area contributed by atoms with Gasteiger partial charge in [0.2, 0.25) is 5.91 Å². The third-order valence-corrected chi connectivity index (χ3v) is 3.76. The number of carbonyl (C=O) groups is 2. The van der Waals surface area contributed by atoms with E-state index >= 15 is 0 Å². The molecular weight excluding hydrogens is 328 g/mol. The second kappa shape index (κ2) is 11.5. The van der Waals surface area contributed by atoms with Crippen LogP contribution in [0.3, 0.4) is 0 Å². The maximum Gasteiger partial charge on any atom is 0.307 e. The summed E-state index contributed by atoms with van der Waals surface area (Å²) in [6, 6.07) is 9.58. The minimum atomic E-state index is -0.326. The van der Waals surface area contributed by atoms with Crippen LogP contribution in [0.25, 0.3) is 0 Å². The molecule has 1 aromatic rings. The molecule has 5 nitrogen and oxygen atoms in total. The van der Waals surface area contributed by atoms with E-state index in [1.807, 2.05) is 30.3 Å². The van der Waals surface area contributed by atoms with E-state index in [0.29, 0.717) is 37.6 Å². The smallest absolute Gasteiger partial charge is 0.307 e. The molecule has 1 amide bonds. The monoisotopic (exact) mass is 350 g/mol. The summed E-state index contributed by atoms with van der Waals surface area (Å²) in [6.07, 6.45) is 2.29. The maximum absolute atomic E-state index is 12.3. The lowest BCUT2D eigenvalue weighted by atomic mass is 10.1. The van der Waals surface area contributed by atoms with Crippen LogP contribution in [0, 0.1) is 11.3 Å². The van der Waals surface area contributed by atoms with Crippen molar-refractivity contribution < 1.29 is 14.3 Å². The van der Waals surface area contributed by atoms with E-state index in [2.05, 4.69) is 0 Å². The Morgan fingerprint density at radius 1 is 1.21 bits per heavy atom. The van der Waals surface area contributed by atoms with Crippen LogP contribution in [0.2, 0.25) is 5.02 Å². The molecule has 130 valence electrons. The first-order valence-electron chi connectivity index (χ1n) is 8.11. The lowest BCUT2D eigenvalue weighted by Gasteiger charge is -2.21. The molecule has 1 rings (SSSR count). The lowest BCUT2D eigenvalue weighted by molar-refractivity contribution is -0.144. The van der Waals surface area contributed by atoms with Gasteiger partial charge in [0.1, 0.15) is 0 Å². The predicted molar refractivity (Wildman–Crippen MR) is 92.5 cm³/mol. The first kappa shape index (κ1) is 20.0. The minimum Gasteiger partial charge on any atom is -0.466 e. The molecule has 0 saturated heterocycles. The topological polar surface area (TPSA) is 70.4 Å². The van der Waals surface area contributed by atoms with Crippen LogP contribution in [0.4, 0.5) is 0 Å². The van der Waals surface area contributed by atoms with Gasteiger partial charge in [-0.1, -0.05) is 23.7 Å². The fourth-order valence-electron chi connectivity index (χ4n) is 2.26. The molecular formula is C18H23ClN2O3. The van der Waals surface area contributed by atoms with E-state index < -0.39 is 0 Å². The van der Waals surface area contributed by atoms with E-state index in [1.54, 1.807) is 11.8 Å². The van der Waals surface area contributed by atoms with Gasteiger partial charge in [0, 0.05) is 24.5 Å². The summed E-state index contributed by atoms with van der Waals surface area (Å²) >= 11 is 5.84. The molecule has 0 radical (unpaired) electrons. The molecule has 1 aromatic carbocycles. The molecule has 0 heterocycles. The number of halogens is 1. The van der Waals surface area contributed by atoms with E-state index in [0.717, 1.165) is 12.0 Å². The van der Waals surface area contributed by atoms with Gasteiger partial charge in [-0.25, -0.2) is 0 Å². The van der Waals surface area contributed by atoms with Gasteiger partial charge in [-0.2, -0.15) is 5.26 Å². The van der Waals surface area contributed by atoms with Crippen molar-refractivity contribution in [3.8, 4) is 6.07 Å². The van der Waals surface area contributed by atoms with Crippen LogP contribution in [0.15, 0.2) is 24.3 Å². The van der Waals surface area contributed by atoms with Crippen molar-refractivity contribution in [1.82, 2.24) is 4.90 Å². The Balaban J connectivity index is 2.43. The predicted octanol–water partition coefficient (Wildman–Crippen LogP) is 3.36. The van der Waals surface area contributed by atoms with Gasteiger partial charge in [0.15, 0.2) is 0 Å². The summed E-state index contributed by atoms with van der Waals surface area (Å²) in [5.41, 5.74) is 1.13. The third kappa shape index (κ3) is 7.98. The quantitative estimate of drug-likeness (QED) is 0.607. The highest BCUT2D eigenvalue weighted by Crippen LogP contribution is 2.12. The molecule has 0 fully saturated rings. The first-order valence-corrected chi connectivity index (χ1v) is 8.49. The average Bonchev–Trinajstić information content (AvgIpc) is 2.57. The Bertz CT molecular complexity index is 567. The maximum atomic E-state index is 12.3. The number of hydrogen-bond acceptors (Lipinski definition) is 4. The molecule has 0 spiro atoms. The normalized spacial score (nSPS) is 10.0. The fraction of sp³-hybridized carbons (Fsp3) is 0.500. The second-order valence-electron chi connectivity index (χ2n) is 5.32. The van der Waals surface area contributed by atoms with Gasteiger partial charge < -0.3 is 9.64 Å².